The normalized spacial score (nSPS) is 10.2. The van der Waals surface area contributed by atoms with Gasteiger partial charge in [-0.05, 0) is 6.07 Å². The van der Waals surface area contributed by atoms with Crippen molar-refractivity contribution >= 4 is 58.1 Å². The number of fused-ring (bicyclic) bond motifs is 1. The van der Waals surface area contributed by atoms with Crippen LogP contribution in [0.15, 0.2) is 18.5 Å². The van der Waals surface area contributed by atoms with Crippen molar-refractivity contribution in [2.24, 2.45) is 0 Å². The summed E-state index contributed by atoms with van der Waals surface area (Å²) in [6, 6.07) is 3.49. The van der Waals surface area contributed by atoms with Gasteiger partial charge in [-0.3, -0.25) is 0 Å². The van der Waals surface area contributed by atoms with Crippen LogP contribution in [0.1, 0.15) is 0 Å². The summed E-state index contributed by atoms with van der Waals surface area (Å²) >= 11 is 17.3. The number of halogens is 4. The van der Waals surface area contributed by atoms with Crippen LogP contribution in [0, 0.1) is 0 Å². The molecule has 0 unspecified atom stereocenters. The number of rotatable bonds is 6. The minimum absolute atomic E-state index is 0. The van der Waals surface area contributed by atoms with Gasteiger partial charge in [0.1, 0.15) is 24.7 Å². The van der Waals surface area contributed by atoms with Crippen LogP contribution in [-0.4, -0.2) is 34.9 Å². The SMILES string of the molecule is Cl.ClCCOc1cc2ncnc(Cl)c2cc1OCCCl. The predicted octanol–water partition coefficient (Wildman–Crippen LogP) is 3.94. The third-order valence-corrected chi connectivity index (χ3v) is 2.93. The number of ether oxygens (including phenoxy) is 2. The number of aromatic nitrogens is 2. The Morgan fingerprint density at radius 2 is 1.55 bits per heavy atom. The molecule has 1 aromatic carbocycles. The Morgan fingerprint density at radius 3 is 2.15 bits per heavy atom. The maximum absolute atomic E-state index is 6.03. The molecule has 0 aliphatic heterocycles. The van der Waals surface area contributed by atoms with Crippen molar-refractivity contribution in [2.75, 3.05) is 25.0 Å². The van der Waals surface area contributed by atoms with E-state index in [-0.39, 0.29) is 12.4 Å². The van der Waals surface area contributed by atoms with Crippen LogP contribution in [0.5, 0.6) is 11.5 Å². The van der Waals surface area contributed by atoms with Gasteiger partial charge in [0.2, 0.25) is 0 Å². The van der Waals surface area contributed by atoms with Crippen LogP contribution in [0.4, 0.5) is 0 Å². The molecule has 20 heavy (non-hydrogen) atoms. The second kappa shape index (κ2) is 8.57. The molecule has 0 saturated heterocycles. The lowest BCUT2D eigenvalue weighted by Crippen LogP contribution is -2.04. The molecule has 0 saturated carbocycles. The van der Waals surface area contributed by atoms with Crippen molar-refractivity contribution < 1.29 is 9.47 Å². The van der Waals surface area contributed by atoms with Crippen LogP contribution in [0.3, 0.4) is 0 Å². The predicted molar refractivity (Wildman–Crippen MR) is 84.2 cm³/mol. The summed E-state index contributed by atoms with van der Waals surface area (Å²) < 4.78 is 11.1. The molecule has 1 heterocycles. The average Bonchev–Trinajstić information content (AvgIpc) is 2.43. The van der Waals surface area contributed by atoms with Crippen molar-refractivity contribution in [1.82, 2.24) is 9.97 Å². The molecule has 0 atom stereocenters. The molecule has 0 bridgehead atoms. The molecule has 1 aromatic heterocycles. The van der Waals surface area contributed by atoms with E-state index in [4.69, 9.17) is 44.3 Å². The van der Waals surface area contributed by atoms with Gasteiger partial charge in [-0.15, -0.1) is 35.6 Å². The topological polar surface area (TPSA) is 44.2 Å². The molecule has 8 heteroatoms. The first-order valence-corrected chi connectivity index (χ1v) is 7.02. The lowest BCUT2D eigenvalue weighted by Gasteiger charge is -2.12. The van der Waals surface area contributed by atoms with Crippen molar-refractivity contribution in [1.29, 1.82) is 0 Å². The van der Waals surface area contributed by atoms with Crippen molar-refractivity contribution in [3.8, 4) is 11.5 Å². The molecule has 0 aliphatic carbocycles. The number of hydrogen-bond acceptors (Lipinski definition) is 4. The number of hydrogen-bond donors (Lipinski definition) is 0. The number of benzene rings is 1. The molecule has 4 nitrogen and oxygen atoms in total. The van der Waals surface area contributed by atoms with E-state index in [0.29, 0.717) is 52.5 Å². The number of nitrogens with zero attached hydrogens (tertiary/aromatic N) is 2. The largest absolute Gasteiger partial charge is 0.488 e. The summed E-state index contributed by atoms with van der Waals surface area (Å²) in [4.78, 5) is 8.07. The van der Waals surface area contributed by atoms with Crippen LogP contribution in [0.2, 0.25) is 5.15 Å². The molecular formula is C12H12Cl4N2O2. The molecule has 0 fully saturated rings. The lowest BCUT2D eigenvalue weighted by atomic mass is 10.2. The molecule has 0 spiro atoms. The fraction of sp³-hybridized carbons (Fsp3) is 0.333. The highest BCUT2D eigenvalue weighted by atomic mass is 35.5. The zero-order valence-corrected chi connectivity index (χ0v) is 13.4. The second-order valence-electron chi connectivity index (χ2n) is 3.56. The Balaban J connectivity index is 0.00000200. The lowest BCUT2D eigenvalue weighted by molar-refractivity contribution is 0.290. The molecule has 0 aliphatic rings. The van der Waals surface area contributed by atoms with Gasteiger partial charge in [-0.2, -0.15) is 0 Å². The Labute approximate surface area is 137 Å². The summed E-state index contributed by atoms with van der Waals surface area (Å²) in [6.45, 7) is 0.749. The zero-order chi connectivity index (χ0) is 13.7. The molecule has 110 valence electrons. The van der Waals surface area contributed by atoms with Crippen molar-refractivity contribution in [3.63, 3.8) is 0 Å². The summed E-state index contributed by atoms with van der Waals surface area (Å²) in [6.07, 6.45) is 1.40. The Bertz CT molecular complexity index is 568. The molecule has 2 rings (SSSR count). The highest BCUT2D eigenvalue weighted by molar-refractivity contribution is 6.34. The van der Waals surface area contributed by atoms with E-state index in [1.54, 1.807) is 12.1 Å². The van der Waals surface area contributed by atoms with Gasteiger partial charge in [-0.25, -0.2) is 9.97 Å². The van der Waals surface area contributed by atoms with Gasteiger partial charge in [0, 0.05) is 11.5 Å². The Hall–Kier alpha value is -0.680. The maximum Gasteiger partial charge on any atom is 0.163 e. The standard InChI is InChI=1S/C12H11Cl3N2O2.ClH/c13-1-3-18-10-5-8-9(16-7-17-12(8)15)6-11(10)19-4-2-14;/h5-7H,1-4H2;1H. The maximum atomic E-state index is 6.03. The zero-order valence-electron chi connectivity index (χ0n) is 10.3. The second-order valence-corrected chi connectivity index (χ2v) is 4.67. The molecule has 0 radical (unpaired) electrons. The van der Waals surface area contributed by atoms with E-state index in [1.807, 2.05) is 0 Å². The minimum Gasteiger partial charge on any atom is -0.488 e. The summed E-state index contributed by atoms with van der Waals surface area (Å²) in [5.41, 5.74) is 0.683. The van der Waals surface area contributed by atoms with Crippen LogP contribution in [0.25, 0.3) is 10.9 Å². The highest BCUT2D eigenvalue weighted by Crippen LogP contribution is 2.34. The van der Waals surface area contributed by atoms with E-state index >= 15 is 0 Å². The third-order valence-electron chi connectivity index (χ3n) is 2.32. The van der Waals surface area contributed by atoms with E-state index in [1.165, 1.54) is 6.33 Å². The first-order chi connectivity index (χ1) is 9.26. The van der Waals surface area contributed by atoms with Crippen LogP contribution >= 0.6 is 47.2 Å². The Kier molecular flexibility index (Phi) is 7.45. The molecule has 0 N–H and O–H groups in total. The van der Waals surface area contributed by atoms with E-state index in [0.717, 1.165) is 0 Å². The van der Waals surface area contributed by atoms with Crippen molar-refractivity contribution in [3.05, 3.63) is 23.6 Å². The van der Waals surface area contributed by atoms with E-state index < -0.39 is 0 Å². The smallest absolute Gasteiger partial charge is 0.163 e. The van der Waals surface area contributed by atoms with Gasteiger partial charge in [-0.1, -0.05) is 11.6 Å². The van der Waals surface area contributed by atoms with Crippen LogP contribution < -0.4 is 9.47 Å². The molecule has 0 amide bonds. The minimum atomic E-state index is 0. The third kappa shape index (κ3) is 4.16. The summed E-state index contributed by atoms with van der Waals surface area (Å²) in [5, 5.41) is 1.07. The quantitative estimate of drug-likeness (QED) is 0.580. The average molecular weight is 358 g/mol. The number of alkyl halides is 2. The highest BCUT2D eigenvalue weighted by Gasteiger charge is 2.11. The monoisotopic (exact) mass is 356 g/mol. The molecule has 2 aromatic rings. The summed E-state index contributed by atoms with van der Waals surface area (Å²) in [7, 11) is 0. The summed E-state index contributed by atoms with van der Waals surface area (Å²) in [5.74, 6) is 1.88. The fourth-order valence-corrected chi connectivity index (χ4v) is 1.90. The van der Waals surface area contributed by atoms with E-state index in [9.17, 15) is 0 Å². The first-order valence-electron chi connectivity index (χ1n) is 5.58. The van der Waals surface area contributed by atoms with Crippen molar-refractivity contribution in [2.45, 2.75) is 0 Å². The van der Waals surface area contributed by atoms with Gasteiger partial charge in [0.25, 0.3) is 0 Å². The first kappa shape index (κ1) is 17.4. The molecular weight excluding hydrogens is 346 g/mol. The van der Waals surface area contributed by atoms with Gasteiger partial charge in [0.15, 0.2) is 11.5 Å². The Morgan fingerprint density at radius 1 is 0.950 bits per heavy atom. The van der Waals surface area contributed by atoms with E-state index in [2.05, 4.69) is 9.97 Å². The van der Waals surface area contributed by atoms with Gasteiger partial charge >= 0.3 is 0 Å². The van der Waals surface area contributed by atoms with Gasteiger partial charge in [0.05, 0.1) is 17.3 Å². The van der Waals surface area contributed by atoms with Crippen LogP contribution in [-0.2, 0) is 0 Å². The fourth-order valence-electron chi connectivity index (χ4n) is 1.56. The van der Waals surface area contributed by atoms with Gasteiger partial charge < -0.3 is 9.47 Å².